The van der Waals surface area contributed by atoms with E-state index in [1.54, 1.807) is 0 Å². The molecule has 1 atom stereocenters. The van der Waals surface area contributed by atoms with Gasteiger partial charge in [0, 0.05) is 6.54 Å². The molecule has 100 valence electrons. The van der Waals surface area contributed by atoms with E-state index in [-0.39, 0.29) is 13.0 Å². The van der Waals surface area contributed by atoms with Gasteiger partial charge in [-0.2, -0.15) is 13.2 Å². The number of hydrogen-bond acceptors (Lipinski definition) is 4. The molecule has 0 aromatic rings. The Morgan fingerprint density at radius 1 is 1.41 bits per heavy atom. The third-order valence-corrected chi connectivity index (χ3v) is 2.91. The minimum absolute atomic E-state index is 0.107. The van der Waals surface area contributed by atoms with Crippen molar-refractivity contribution in [2.75, 3.05) is 26.3 Å². The molecule has 8 heteroatoms. The second-order valence-electron chi connectivity index (χ2n) is 4.04. The summed E-state index contributed by atoms with van der Waals surface area (Å²) in [6, 6.07) is -1.07. The average Bonchev–Trinajstić information content (AvgIpc) is 2.74. The van der Waals surface area contributed by atoms with Crippen LogP contribution in [0.15, 0.2) is 0 Å². The van der Waals surface area contributed by atoms with E-state index >= 15 is 0 Å². The van der Waals surface area contributed by atoms with Crippen LogP contribution in [0.4, 0.5) is 13.2 Å². The summed E-state index contributed by atoms with van der Waals surface area (Å²) in [5.41, 5.74) is -2.46. The quantitative estimate of drug-likeness (QED) is 0.520. The largest absolute Gasteiger partial charge is 0.404 e. The molecular weight excluding hydrogens is 241 g/mol. The molecule has 0 aromatic carbocycles. The lowest BCUT2D eigenvalue weighted by atomic mass is 9.85. The smallest absolute Gasteiger partial charge is 0.394 e. The summed E-state index contributed by atoms with van der Waals surface area (Å²) < 4.78 is 38.7. The second-order valence-corrected chi connectivity index (χ2v) is 4.04. The topological polar surface area (TPSA) is 81.6 Å². The maximum atomic E-state index is 12.9. The SMILES string of the molecule is O=C(NC(CO)CO)C1(C(F)(F)F)CCNC1. The number of alkyl halides is 3. The lowest BCUT2D eigenvalue weighted by Crippen LogP contribution is -2.55. The average molecular weight is 256 g/mol. The van der Waals surface area contributed by atoms with Gasteiger partial charge in [0.1, 0.15) is 0 Å². The molecule has 1 heterocycles. The van der Waals surface area contributed by atoms with Gasteiger partial charge in [0.25, 0.3) is 0 Å². The van der Waals surface area contributed by atoms with Crippen LogP contribution in [0.25, 0.3) is 0 Å². The fourth-order valence-electron chi connectivity index (χ4n) is 1.73. The van der Waals surface area contributed by atoms with Crippen molar-refractivity contribution in [3.63, 3.8) is 0 Å². The van der Waals surface area contributed by atoms with Crippen molar-refractivity contribution < 1.29 is 28.2 Å². The normalized spacial score (nSPS) is 25.3. The predicted molar refractivity (Wildman–Crippen MR) is 52.1 cm³/mol. The molecule has 0 aromatic heterocycles. The zero-order chi connectivity index (χ0) is 13.1. The lowest BCUT2D eigenvalue weighted by Gasteiger charge is -2.30. The third-order valence-electron chi connectivity index (χ3n) is 2.91. The van der Waals surface area contributed by atoms with Gasteiger partial charge in [0.05, 0.1) is 19.3 Å². The molecule has 1 unspecified atom stereocenters. The first-order chi connectivity index (χ1) is 7.87. The van der Waals surface area contributed by atoms with E-state index in [1.165, 1.54) is 0 Å². The summed E-state index contributed by atoms with van der Waals surface area (Å²) in [6.45, 7) is -1.59. The van der Waals surface area contributed by atoms with Crippen LogP contribution in [-0.4, -0.2) is 54.6 Å². The molecule has 4 N–H and O–H groups in total. The lowest BCUT2D eigenvalue weighted by molar-refractivity contribution is -0.216. The molecule has 1 fully saturated rings. The van der Waals surface area contributed by atoms with Crippen LogP contribution in [0.5, 0.6) is 0 Å². The fraction of sp³-hybridized carbons (Fsp3) is 0.889. The Hall–Kier alpha value is -0.860. The third kappa shape index (κ3) is 2.70. The van der Waals surface area contributed by atoms with E-state index in [4.69, 9.17) is 10.2 Å². The van der Waals surface area contributed by atoms with Crippen LogP contribution in [0.1, 0.15) is 6.42 Å². The van der Waals surface area contributed by atoms with E-state index in [9.17, 15) is 18.0 Å². The number of aliphatic hydroxyl groups is 2. The number of carbonyl (C=O) groups is 1. The molecule has 0 saturated carbocycles. The van der Waals surface area contributed by atoms with Crippen LogP contribution in [0.2, 0.25) is 0 Å². The van der Waals surface area contributed by atoms with Crippen LogP contribution in [0.3, 0.4) is 0 Å². The molecular formula is C9H15F3N2O3. The summed E-state index contributed by atoms with van der Waals surface area (Å²) in [5, 5.41) is 22.0. The van der Waals surface area contributed by atoms with Gasteiger partial charge in [-0.3, -0.25) is 4.79 Å². The zero-order valence-electron chi connectivity index (χ0n) is 9.05. The van der Waals surface area contributed by atoms with Crippen molar-refractivity contribution >= 4 is 5.91 Å². The first-order valence-corrected chi connectivity index (χ1v) is 5.17. The van der Waals surface area contributed by atoms with Gasteiger partial charge >= 0.3 is 6.18 Å². The van der Waals surface area contributed by atoms with Crippen molar-refractivity contribution in [3.05, 3.63) is 0 Å². The van der Waals surface area contributed by atoms with Crippen molar-refractivity contribution in [2.45, 2.75) is 18.6 Å². The summed E-state index contributed by atoms with van der Waals surface area (Å²) in [5.74, 6) is -1.21. The van der Waals surface area contributed by atoms with Gasteiger partial charge in [0.2, 0.25) is 5.91 Å². The first kappa shape index (κ1) is 14.2. The van der Waals surface area contributed by atoms with E-state index in [0.29, 0.717) is 0 Å². The molecule has 1 amide bonds. The van der Waals surface area contributed by atoms with Gasteiger partial charge in [-0.05, 0) is 13.0 Å². The summed E-state index contributed by atoms with van der Waals surface area (Å²) in [7, 11) is 0. The zero-order valence-corrected chi connectivity index (χ0v) is 9.05. The highest BCUT2D eigenvalue weighted by Gasteiger charge is 2.61. The van der Waals surface area contributed by atoms with Gasteiger partial charge in [-0.1, -0.05) is 0 Å². The molecule has 1 rings (SSSR count). The van der Waals surface area contributed by atoms with Gasteiger partial charge in [-0.15, -0.1) is 0 Å². The minimum Gasteiger partial charge on any atom is -0.394 e. The highest BCUT2D eigenvalue weighted by atomic mass is 19.4. The highest BCUT2D eigenvalue weighted by Crippen LogP contribution is 2.43. The monoisotopic (exact) mass is 256 g/mol. The molecule has 5 nitrogen and oxygen atoms in total. The van der Waals surface area contributed by atoms with Crippen molar-refractivity contribution in [1.29, 1.82) is 0 Å². The minimum atomic E-state index is -4.66. The fourth-order valence-corrected chi connectivity index (χ4v) is 1.73. The van der Waals surface area contributed by atoms with Crippen LogP contribution >= 0.6 is 0 Å². The number of amides is 1. The van der Waals surface area contributed by atoms with Gasteiger partial charge in [0.15, 0.2) is 5.41 Å². The van der Waals surface area contributed by atoms with E-state index in [2.05, 4.69) is 5.32 Å². The molecule has 1 aliphatic heterocycles. The maximum Gasteiger partial charge on any atom is 0.404 e. The maximum absolute atomic E-state index is 12.9. The number of rotatable bonds is 4. The number of nitrogens with one attached hydrogen (secondary N) is 2. The Bertz CT molecular complexity index is 273. The van der Waals surface area contributed by atoms with Crippen LogP contribution < -0.4 is 10.6 Å². The Morgan fingerprint density at radius 2 is 2.00 bits per heavy atom. The highest BCUT2D eigenvalue weighted by molar-refractivity contribution is 5.84. The van der Waals surface area contributed by atoms with Gasteiger partial charge < -0.3 is 20.8 Å². The predicted octanol–water partition coefficient (Wildman–Crippen LogP) is -1.00. The van der Waals surface area contributed by atoms with Crippen molar-refractivity contribution in [1.82, 2.24) is 10.6 Å². The van der Waals surface area contributed by atoms with E-state index < -0.39 is 43.3 Å². The molecule has 0 spiro atoms. The number of hydrogen-bond donors (Lipinski definition) is 4. The molecule has 1 saturated heterocycles. The van der Waals surface area contributed by atoms with Crippen LogP contribution in [-0.2, 0) is 4.79 Å². The Kier molecular flexibility index (Phi) is 4.34. The first-order valence-electron chi connectivity index (χ1n) is 5.17. The standard InChI is InChI=1S/C9H15F3N2O3/c10-9(11,12)8(1-2-13-5-8)7(17)14-6(3-15)4-16/h6,13,15-16H,1-5H2,(H,14,17). The number of halogens is 3. The summed E-state index contributed by atoms with van der Waals surface area (Å²) in [6.07, 6.45) is -5.00. The Morgan fingerprint density at radius 3 is 2.35 bits per heavy atom. The van der Waals surface area contributed by atoms with Crippen molar-refractivity contribution in [3.8, 4) is 0 Å². The molecule has 1 aliphatic rings. The number of carbonyl (C=O) groups excluding carboxylic acids is 1. The van der Waals surface area contributed by atoms with E-state index in [1.807, 2.05) is 5.32 Å². The second kappa shape index (κ2) is 5.19. The Balaban J connectivity index is 2.82. The molecule has 0 radical (unpaired) electrons. The van der Waals surface area contributed by atoms with Crippen molar-refractivity contribution in [2.24, 2.45) is 5.41 Å². The summed E-state index contributed by atoms with van der Waals surface area (Å²) >= 11 is 0. The van der Waals surface area contributed by atoms with Gasteiger partial charge in [-0.25, -0.2) is 0 Å². The molecule has 0 aliphatic carbocycles. The Labute approximate surface area is 96.0 Å². The van der Waals surface area contributed by atoms with Crippen LogP contribution in [0, 0.1) is 5.41 Å². The molecule has 17 heavy (non-hydrogen) atoms. The summed E-state index contributed by atoms with van der Waals surface area (Å²) in [4.78, 5) is 11.6. The number of aliphatic hydroxyl groups excluding tert-OH is 2. The molecule has 0 bridgehead atoms. The van der Waals surface area contributed by atoms with E-state index in [0.717, 1.165) is 0 Å².